The van der Waals surface area contributed by atoms with Gasteiger partial charge in [0.05, 0.1) is 0 Å². The molecule has 0 saturated carbocycles. The van der Waals surface area contributed by atoms with E-state index in [0.29, 0.717) is 12.1 Å². The predicted molar refractivity (Wildman–Crippen MR) is 62.2 cm³/mol. The molecule has 2 N–H and O–H groups in total. The molecule has 0 radical (unpaired) electrons. The van der Waals surface area contributed by atoms with Gasteiger partial charge < -0.3 is 15.3 Å². The summed E-state index contributed by atoms with van der Waals surface area (Å²) < 4.78 is 0. The van der Waals surface area contributed by atoms with Crippen molar-refractivity contribution in [1.29, 1.82) is 0 Å². The van der Waals surface area contributed by atoms with Crippen molar-refractivity contribution in [3.63, 3.8) is 0 Å². The topological polar surface area (TPSA) is 69.6 Å². The monoisotopic (exact) mass is 228 g/mol. The van der Waals surface area contributed by atoms with Gasteiger partial charge in [-0.3, -0.25) is 4.79 Å². The number of carboxylic acid groups (broad SMARTS) is 1. The van der Waals surface area contributed by atoms with Crippen LogP contribution in [-0.4, -0.2) is 49.1 Å². The molecule has 0 aromatic heterocycles. The van der Waals surface area contributed by atoms with Gasteiger partial charge in [0.1, 0.15) is 0 Å². The van der Waals surface area contributed by atoms with Crippen molar-refractivity contribution in [1.82, 2.24) is 10.2 Å². The van der Waals surface area contributed by atoms with Crippen molar-refractivity contribution in [2.75, 3.05) is 27.2 Å². The number of likely N-dealkylation sites (N-methyl/N-ethyl adjacent to an activating group) is 1. The lowest BCUT2D eigenvalue weighted by molar-refractivity contribution is -0.133. The van der Waals surface area contributed by atoms with Crippen LogP contribution >= 0.6 is 0 Å². The minimum absolute atomic E-state index is 0.102. The number of aliphatic carboxylic acids is 1. The fourth-order valence-electron chi connectivity index (χ4n) is 1.20. The second-order valence-corrected chi connectivity index (χ2v) is 3.74. The highest BCUT2D eigenvalue weighted by Gasteiger charge is 2.15. The molecule has 0 unspecified atom stereocenters. The summed E-state index contributed by atoms with van der Waals surface area (Å²) in [7, 11) is 3.53. The number of nitrogens with zero attached hydrogens (tertiary/aromatic N) is 1. The summed E-state index contributed by atoms with van der Waals surface area (Å²) in [6, 6.07) is 0. The number of hydrogen-bond acceptors (Lipinski definition) is 3. The van der Waals surface area contributed by atoms with Crippen molar-refractivity contribution < 1.29 is 14.7 Å². The zero-order valence-corrected chi connectivity index (χ0v) is 10.3. The van der Waals surface area contributed by atoms with Crippen molar-refractivity contribution in [2.24, 2.45) is 0 Å². The predicted octanol–water partition coefficient (Wildman–Crippen LogP) is 0.475. The summed E-state index contributed by atoms with van der Waals surface area (Å²) >= 11 is 0. The van der Waals surface area contributed by atoms with E-state index in [1.807, 2.05) is 7.05 Å². The van der Waals surface area contributed by atoms with E-state index in [1.165, 1.54) is 6.92 Å². The number of rotatable bonds is 6. The molecule has 5 heteroatoms. The van der Waals surface area contributed by atoms with Gasteiger partial charge in [-0.1, -0.05) is 0 Å². The van der Waals surface area contributed by atoms with Crippen LogP contribution in [0.4, 0.5) is 0 Å². The van der Waals surface area contributed by atoms with Gasteiger partial charge in [0.25, 0.3) is 0 Å². The molecule has 0 aliphatic rings. The van der Waals surface area contributed by atoms with Crippen LogP contribution in [0.15, 0.2) is 11.1 Å². The number of carbonyl (C=O) groups is 2. The van der Waals surface area contributed by atoms with Crippen LogP contribution in [0, 0.1) is 0 Å². The van der Waals surface area contributed by atoms with Gasteiger partial charge in [-0.25, -0.2) is 4.79 Å². The lowest BCUT2D eigenvalue weighted by Gasteiger charge is -2.18. The Hall–Kier alpha value is -1.36. The third kappa shape index (κ3) is 4.44. The first-order valence-corrected chi connectivity index (χ1v) is 5.22. The van der Waals surface area contributed by atoms with Gasteiger partial charge in [0.15, 0.2) is 0 Å². The second kappa shape index (κ2) is 7.00. The maximum atomic E-state index is 11.8. The molecule has 1 amide bonds. The van der Waals surface area contributed by atoms with Crippen molar-refractivity contribution in [3.8, 4) is 0 Å². The summed E-state index contributed by atoms with van der Waals surface area (Å²) in [5.74, 6) is -1.27. The molecule has 0 bridgehead atoms. The van der Waals surface area contributed by atoms with Crippen molar-refractivity contribution >= 4 is 11.9 Å². The van der Waals surface area contributed by atoms with Gasteiger partial charge in [0, 0.05) is 24.7 Å². The van der Waals surface area contributed by atoms with E-state index in [0.717, 1.165) is 13.0 Å². The maximum Gasteiger partial charge on any atom is 0.331 e. The SMILES string of the molecule is CNCCCN(C)C(=O)C(C)=C(C)C(=O)O. The first-order chi connectivity index (χ1) is 7.41. The van der Waals surface area contributed by atoms with Gasteiger partial charge in [-0.15, -0.1) is 0 Å². The quantitative estimate of drug-likeness (QED) is 0.512. The van der Waals surface area contributed by atoms with Gasteiger partial charge in [0.2, 0.25) is 5.91 Å². The number of nitrogens with one attached hydrogen (secondary N) is 1. The second-order valence-electron chi connectivity index (χ2n) is 3.74. The molecule has 0 spiro atoms. The molecule has 0 saturated heterocycles. The standard InChI is InChI=1S/C11H20N2O3/c1-8(9(2)11(15)16)10(14)13(4)7-5-6-12-3/h12H,5-7H2,1-4H3,(H,15,16). The molecular formula is C11H20N2O3. The Morgan fingerprint density at radius 3 is 2.25 bits per heavy atom. The van der Waals surface area contributed by atoms with Crippen LogP contribution in [0.25, 0.3) is 0 Å². The summed E-state index contributed by atoms with van der Waals surface area (Å²) in [6.07, 6.45) is 0.845. The van der Waals surface area contributed by atoms with E-state index in [1.54, 1.807) is 18.9 Å². The van der Waals surface area contributed by atoms with Crippen LogP contribution in [0.3, 0.4) is 0 Å². The van der Waals surface area contributed by atoms with E-state index in [4.69, 9.17) is 5.11 Å². The highest BCUT2D eigenvalue weighted by Crippen LogP contribution is 2.07. The number of hydrogen-bond donors (Lipinski definition) is 2. The molecule has 5 nitrogen and oxygen atoms in total. The first-order valence-electron chi connectivity index (χ1n) is 5.22. The smallest absolute Gasteiger partial charge is 0.331 e. The fourth-order valence-corrected chi connectivity index (χ4v) is 1.20. The van der Waals surface area contributed by atoms with Gasteiger partial charge in [-0.05, 0) is 33.9 Å². The van der Waals surface area contributed by atoms with Crippen molar-refractivity contribution in [2.45, 2.75) is 20.3 Å². The van der Waals surface area contributed by atoms with E-state index in [9.17, 15) is 9.59 Å². The highest BCUT2D eigenvalue weighted by molar-refractivity contribution is 6.01. The van der Waals surface area contributed by atoms with Gasteiger partial charge >= 0.3 is 5.97 Å². The van der Waals surface area contributed by atoms with Crippen LogP contribution < -0.4 is 5.32 Å². The molecule has 92 valence electrons. The van der Waals surface area contributed by atoms with Crippen LogP contribution in [0.1, 0.15) is 20.3 Å². The molecule has 0 aromatic rings. The van der Waals surface area contributed by atoms with Crippen LogP contribution in [-0.2, 0) is 9.59 Å². The molecule has 0 atom stereocenters. The lowest BCUT2D eigenvalue weighted by Crippen LogP contribution is -2.30. The van der Waals surface area contributed by atoms with Crippen LogP contribution in [0.2, 0.25) is 0 Å². The van der Waals surface area contributed by atoms with Crippen molar-refractivity contribution in [3.05, 3.63) is 11.1 Å². The Kier molecular flexibility index (Phi) is 6.41. The van der Waals surface area contributed by atoms with E-state index >= 15 is 0 Å². The minimum Gasteiger partial charge on any atom is -0.478 e. The summed E-state index contributed by atoms with van der Waals surface area (Å²) in [6.45, 7) is 4.43. The molecule has 0 aromatic carbocycles. The third-order valence-corrected chi connectivity index (χ3v) is 2.47. The maximum absolute atomic E-state index is 11.8. The molecule has 0 rings (SSSR count). The van der Waals surface area contributed by atoms with Gasteiger partial charge in [-0.2, -0.15) is 0 Å². The zero-order valence-electron chi connectivity index (χ0n) is 10.3. The Morgan fingerprint density at radius 1 is 1.25 bits per heavy atom. The summed E-state index contributed by atoms with van der Waals surface area (Å²) in [4.78, 5) is 24.0. The normalized spacial score (nSPS) is 12.0. The van der Waals surface area contributed by atoms with Crippen LogP contribution in [0.5, 0.6) is 0 Å². The molecule has 0 heterocycles. The summed E-state index contributed by atoms with van der Waals surface area (Å²) in [5.41, 5.74) is 0.393. The van der Waals surface area contributed by atoms with E-state index < -0.39 is 5.97 Å². The highest BCUT2D eigenvalue weighted by atomic mass is 16.4. The Balaban J connectivity index is 4.44. The zero-order chi connectivity index (χ0) is 12.7. The average Bonchev–Trinajstić information content (AvgIpc) is 2.26. The molecule has 0 aliphatic carbocycles. The lowest BCUT2D eigenvalue weighted by atomic mass is 10.1. The van der Waals surface area contributed by atoms with E-state index in [-0.39, 0.29) is 11.5 Å². The third-order valence-electron chi connectivity index (χ3n) is 2.47. The summed E-state index contributed by atoms with van der Waals surface area (Å²) in [5, 5.41) is 11.7. The molecule has 0 aliphatic heterocycles. The molecule has 0 fully saturated rings. The molecule has 16 heavy (non-hydrogen) atoms. The minimum atomic E-state index is -1.05. The number of carboxylic acids is 1. The Morgan fingerprint density at radius 2 is 1.81 bits per heavy atom. The average molecular weight is 228 g/mol. The largest absolute Gasteiger partial charge is 0.478 e. The number of amides is 1. The number of carbonyl (C=O) groups excluding carboxylic acids is 1. The first kappa shape index (κ1) is 14.6. The van der Waals surface area contributed by atoms with E-state index in [2.05, 4.69) is 5.32 Å². The molecular weight excluding hydrogens is 208 g/mol. The Labute approximate surface area is 96.1 Å². The fraction of sp³-hybridized carbons (Fsp3) is 0.636. The Bertz CT molecular complexity index is 298.